The van der Waals surface area contributed by atoms with E-state index in [1.807, 2.05) is 11.8 Å². The Kier molecular flexibility index (Phi) is 3.96. The molecule has 0 aliphatic carbocycles. The number of rotatable bonds is 2. The normalized spacial score (nSPS) is 18.8. The molecule has 1 amide bonds. The molecule has 0 radical (unpaired) electrons. The van der Waals surface area contributed by atoms with Gasteiger partial charge in [0.25, 0.3) is 5.91 Å². The molecular formula is C15H16FN3OS. The second kappa shape index (κ2) is 5.89. The molecule has 6 heteroatoms. The van der Waals surface area contributed by atoms with Gasteiger partial charge in [-0.05, 0) is 44.0 Å². The van der Waals surface area contributed by atoms with Crippen LogP contribution in [0.4, 0.5) is 4.39 Å². The molecular weight excluding hydrogens is 289 g/mol. The van der Waals surface area contributed by atoms with Crippen molar-refractivity contribution in [2.45, 2.75) is 25.7 Å². The lowest BCUT2D eigenvalue weighted by atomic mass is 9.98. The highest BCUT2D eigenvalue weighted by molar-refractivity contribution is 7.11. The summed E-state index contributed by atoms with van der Waals surface area (Å²) in [5.74, 6) is -0.109. The Morgan fingerprint density at radius 3 is 2.76 bits per heavy atom. The molecule has 1 aliphatic heterocycles. The molecule has 0 unspecified atom stereocenters. The van der Waals surface area contributed by atoms with Gasteiger partial charge in [0.1, 0.15) is 15.8 Å². The molecule has 110 valence electrons. The van der Waals surface area contributed by atoms with Gasteiger partial charge in [-0.3, -0.25) is 4.79 Å². The summed E-state index contributed by atoms with van der Waals surface area (Å²) in [4.78, 5) is 14.3. The predicted molar refractivity (Wildman–Crippen MR) is 78.9 cm³/mol. The molecule has 0 spiro atoms. The molecule has 4 nitrogen and oxygen atoms in total. The van der Waals surface area contributed by atoms with Crippen molar-refractivity contribution in [3.63, 3.8) is 0 Å². The average Bonchev–Trinajstić information content (AvgIpc) is 2.94. The number of aryl methyl sites for hydroxylation is 1. The van der Waals surface area contributed by atoms with Crippen LogP contribution < -0.4 is 0 Å². The Balaban J connectivity index is 1.73. The summed E-state index contributed by atoms with van der Waals surface area (Å²) in [6.07, 6.45) is 1.98. The molecule has 2 heterocycles. The van der Waals surface area contributed by atoms with Gasteiger partial charge in [-0.25, -0.2) is 4.39 Å². The Hall–Kier alpha value is -1.82. The summed E-state index contributed by atoms with van der Waals surface area (Å²) in [5.41, 5.74) is 0.533. The maximum Gasteiger partial charge on any atom is 0.253 e. The standard InChI is InChI=1S/C15H16FN3OS/c1-10-17-18-14(21-10)12-3-2-8-19(9-12)15(20)11-4-6-13(16)7-5-11/h4-7,12H,2-3,8-9H2,1H3/t12-/m0/s1. The number of amides is 1. The van der Waals surface area contributed by atoms with Crippen molar-refractivity contribution in [2.24, 2.45) is 0 Å². The monoisotopic (exact) mass is 305 g/mol. The Labute approximate surface area is 126 Å². The molecule has 1 atom stereocenters. The van der Waals surface area contributed by atoms with E-state index in [-0.39, 0.29) is 17.6 Å². The van der Waals surface area contributed by atoms with Crippen molar-refractivity contribution in [3.05, 3.63) is 45.7 Å². The summed E-state index contributed by atoms with van der Waals surface area (Å²) in [7, 11) is 0. The first-order chi connectivity index (χ1) is 10.1. The van der Waals surface area contributed by atoms with E-state index in [0.29, 0.717) is 12.1 Å². The van der Waals surface area contributed by atoms with E-state index in [9.17, 15) is 9.18 Å². The number of aromatic nitrogens is 2. The van der Waals surface area contributed by atoms with Crippen molar-refractivity contribution < 1.29 is 9.18 Å². The SMILES string of the molecule is Cc1nnc([C@H]2CCCN(C(=O)c3ccc(F)cc3)C2)s1. The van der Waals surface area contributed by atoms with Gasteiger partial charge in [0.05, 0.1) is 0 Å². The topological polar surface area (TPSA) is 46.1 Å². The van der Waals surface area contributed by atoms with Crippen molar-refractivity contribution in [2.75, 3.05) is 13.1 Å². The van der Waals surface area contributed by atoms with Crippen molar-refractivity contribution in [1.82, 2.24) is 15.1 Å². The van der Waals surface area contributed by atoms with Crippen LogP contribution in [-0.2, 0) is 0 Å². The zero-order valence-corrected chi connectivity index (χ0v) is 12.6. The van der Waals surface area contributed by atoms with Crippen molar-refractivity contribution >= 4 is 17.2 Å². The van der Waals surface area contributed by atoms with Gasteiger partial charge in [-0.15, -0.1) is 21.5 Å². The number of likely N-dealkylation sites (tertiary alicyclic amines) is 1. The summed E-state index contributed by atoms with van der Waals surface area (Å²) in [5, 5.41) is 10.2. The predicted octanol–water partition coefficient (Wildman–Crippen LogP) is 3.01. The van der Waals surface area contributed by atoms with Crippen LogP contribution in [-0.4, -0.2) is 34.1 Å². The van der Waals surface area contributed by atoms with E-state index in [1.54, 1.807) is 11.3 Å². The smallest absolute Gasteiger partial charge is 0.253 e. The number of carbonyl (C=O) groups is 1. The second-order valence-electron chi connectivity index (χ2n) is 5.26. The van der Waals surface area contributed by atoms with Gasteiger partial charge < -0.3 is 4.90 Å². The van der Waals surface area contributed by atoms with Gasteiger partial charge in [-0.2, -0.15) is 0 Å². The highest BCUT2D eigenvalue weighted by Gasteiger charge is 2.27. The number of hydrogen-bond donors (Lipinski definition) is 0. The summed E-state index contributed by atoms with van der Waals surface area (Å²) in [6, 6.07) is 5.72. The average molecular weight is 305 g/mol. The van der Waals surface area contributed by atoms with E-state index < -0.39 is 0 Å². The first-order valence-corrected chi connectivity index (χ1v) is 7.80. The molecule has 1 aliphatic rings. The fourth-order valence-corrected chi connectivity index (χ4v) is 3.44. The minimum atomic E-state index is -0.326. The summed E-state index contributed by atoms with van der Waals surface area (Å²) >= 11 is 1.60. The van der Waals surface area contributed by atoms with Crippen LogP contribution in [0.3, 0.4) is 0 Å². The van der Waals surface area contributed by atoms with Crippen molar-refractivity contribution in [1.29, 1.82) is 0 Å². The third-order valence-electron chi connectivity index (χ3n) is 3.69. The van der Waals surface area contributed by atoms with Crippen LogP contribution in [0.15, 0.2) is 24.3 Å². The van der Waals surface area contributed by atoms with Crippen LogP contribution in [0, 0.1) is 12.7 Å². The van der Waals surface area contributed by atoms with E-state index in [2.05, 4.69) is 10.2 Å². The second-order valence-corrected chi connectivity index (χ2v) is 6.47. The van der Waals surface area contributed by atoms with Gasteiger partial charge in [-0.1, -0.05) is 0 Å². The van der Waals surface area contributed by atoms with Crippen LogP contribution in [0.1, 0.15) is 39.1 Å². The maximum atomic E-state index is 12.9. The zero-order chi connectivity index (χ0) is 14.8. The fourth-order valence-electron chi connectivity index (χ4n) is 2.62. The number of benzene rings is 1. The first-order valence-electron chi connectivity index (χ1n) is 6.98. The Morgan fingerprint density at radius 1 is 1.33 bits per heavy atom. The minimum Gasteiger partial charge on any atom is -0.338 e. The van der Waals surface area contributed by atoms with E-state index >= 15 is 0 Å². The Bertz CT molecular complexity index is 641. The highest BCUT2D eigenvalue weighted by Crippen LogP contribution is 2.29. The number of piperidine rings is 1. The van der Waals surface area contributed by atoms with E-state index in [0.717, 1.165) is 29.4 Å². The molecule has 1 aromatic carbocycles. The maximum absolute atomic E-state index is 12.9. The van der Waals surface area contributed by atoms with E-state index in [1.165, 1.54) is 24.3 Å². The lowest BCUT2D eigenvalue weighted by Gasteiger charge is -2.31. The molecule has 0 N–H and O–H groups in total. The quantitative estimate of drug-likeness (QED) is 0.857. The number of nitrogens with zero attached hydrogens (tertiary/aromatic N) is 3. The molecule has 0 bridgehead atoms. The van der Waals surface area contributed by atoms with Crippen LogP contribution in [0.5, 0.6) is 0 Å². The molecule has 0 saturated carbocycles. The fraction of sp³-hybridized carbons (Fsp3) is 0.400. The highest BCUT2D eigenvalue weighted by atomic mass is 32.1. The molecule has 3 rings (SSSR count). The Morgan fingerprint density at radius 2 is 2.10 bits per heavy atom. The van der Waals surface area contributed by atoms with Gasteiger partial charge in [0.2, 0.25) is 0 Å². The van der Waals surface area contributed by atoms with E-state index in [4.69, 9.17) is 0 Å². The molecule has 2 aromatic rings. The minimum absolute atomic E-state index is 0.0408. The molecule has 1 fully saturated rings. The largest absolute Gasteiger partial charge is 0.338 e. The summed E-state index contributed by atoms with van der Waals surface area (Å²) < 4.78 is 12.9. The number of hydrogen-bond acceptors (Lipinski definition) is 4. The number of halogens is 1. The molecule has 21 heavy (non-hydrogen) atoms. The van der Waals surface area contributed by atoms with Gasteiger partial charge >= 0.3 is 0 Å². The van der Waals surface area contributed by atoms with Crippen LogP contribution in [0.2, 0.25) is 0 Å². The van der Waals surface area contributed by atoms with Gasteiger partial charge in [0, 0.05) is 24.6 Å². The van der Waals surface area contributed by atoms with Crippen molar-refractivity contribution in [3.8, 4) is 0 Å². The molecule has 1 saturated heterocycles. The lowest BCUT2D eigenvalue weighted by molar-refractivity contribution is 0.0707. The zero-order valence-electron chi connectivity index (χ0n) is 11.8. The van der Waals surface area contributed by atoms with Gasteiger partial charge in [0.15, 0.2) is 0 Å². The van der Waals surface area contributed by atoms with Crippen LogP contribution >= 0.6 is 11.3 Å². The number of carbonyl (C=O) groups excluding carboxylic acids is 1. The third kappa shape index (κ3) is 3.10. The third-order valence-corrected chi connectivity index (χ3v) is 4.69. The first kappa shape index (κ1) is 14.1. The molecule has 1 aromatic heterocycles. The lowest BCUT2D eigenvalue weighted by Crippen LogP contribution is -2.39. The van der Waals surface area contributed by atoms with Crippen LogP contribution in [0.25, 0.3) is 0 Å². The summed E-state index contributed by atoms with van der Waals surface area (Å²) in [6.45, 7) is 3.33.